The number of thiocarbonyl (C=S) groups is 1. The summed E-state index contributed by atoms with van der Waals surface area (Å²) in [4.78, 5) is 14.3. The Morgan fingerprint density at radius 2 is 1.85 bits per heavy atom. The zero-order valence-corrected chi connectivity index (χ0v) is 15.4. The summed E-state index contributed by atoms with van der Waals surface area (Å²) < 4.78 is 18.3. The molecule has 1 aliphatic heterocycles. The molecule has 1 aliphatic rings. The zero-order chi connectivity index (χ0) is 18.5. The Bertz CT molecular complexity index is 811. The number of benzene rings is 2. The van der Waals surface area contributed by atoms with Crippen LogP contribution in [-0.4, -0.2) is 37.3 Å². The topological polar surface area (TPSA) is 53.6 Å². The second-order valence-corrected chi connectivity index (χ2v) is 6.47. The lowest BCUT2D eigenvalue weighted by Gasteiger charge is -2.31. The van der Waals surface area contributed by atoms with E-state index in [9.17, 15) is 9.18 Å². The van der Waals surface area contributed by atoms with E-state index in [1.165, 1.54) is 24.3 Å². The van der Waals surface area contributed by atoms with Crippen molar-refractivity contribution in [3.8, 4) is 0 Å². The molecule has 0 spiro atoms. The van der Waals surface area contributed by atoms with Crippen molar-refractivity contribution >= 4 is 46.2 Å². The van der Waals surface area contributed by atoms with Gasteiger partial charge in [-0.15, -0.1) is 0 Å². The number of morpholine rings is 1. The Morgan fingerprint density at radius 3 is 2.54 bits per heavy atom. The molecular weight excluding hydrogens is 377 g/mol. The third-order valence-corrected chi connectivity index (χ3v) is 4.40. The molecule has 1 saturated heterocycles. The number of amides is 1. The standard InChI is InChI=1S/C18H17ClFN3O2S/c19-14-2-1-3-15(16(14)23-8-10-25-11-9-23)21-18(26)22-17(24)12-4-6-13(20)7-5-12/h1-7H,8-11H2,(H2,21,22,24,26). The lowest BCUT2D eigenvalue weighted by Crippen LogP contribution is -2.38. The first kappa shape index (κ1) is 18.6. The Morgan fingerprint density at radius 1 is 1.15 bits per heavy atom. The summed E-state index contributed by atoms with van der Waals surface area (Å²) in [6, 6.07) is 10.7. The molecule has 0 radical (unpaired) electrons. The highest BCUT2D eigenvalue weighted by molar-refractivity contribution is 7.80. The summed E-state index contributed by atoms with van der Waals surface area (Å²) in [5.41, 5.74) is 1.83. The number of carbonyl (C=O) groups is 1. The normalized spacial score (nSPS) is 14.0. The number of para-hydroxylation sites is 1. The molecular formula is C18H17ClFN3O2S. The van der Waals surface area contributed by atoms with Gasteiger partial charge in [0.05, 0.1) is 29.6 Å². The molecule has 0 saturated carbocycles. The van der Waals surface area contributed by atoms with Crippen LogP contribution in [0.25, 0.3) is 0 Å². The zero-order valence-electron chi connectivity index (χ0n) is 13.8. The van der Waals surface area contributed by atoms with Crippen molar-refractivity contribution in [2.24, 2.45) is 0 Å². The predicted molar refractivity (Wildman–Crippen MR) is 105 cm³/mol. The predicted octanol–water partition coefficient (Wildman–Crippen LogP) is 3.44. The number of carbonyl (C=O) groups excluding carboxylic acids is 1. The van der Waals surface area contributed by atoms with Crippen LogP contribution < -0.4 is 15.5 Å². The molecule has 3 rings (SSSR count). The van der Waals surface area contributed by atoms with Gasteiger partial charge in [0.1, 0.15) is 5.82 Å². The fourth-order valence-electron chi connectivity index (χ4n) is 2.65. The van der Waals surface area contributed by atoms with E-state index in [4.69, 9.17) is 28.6 Å². The van der Waals surface area contributed by atoms with Crippen molar-refractivity contribution in [1.82, 2.24) is 5.32 Å². The fourth-order valence-corrected chi connectivity index (χ4v) is 3.15. The summed E-state index contributed by atoms with van der Waals surface area (Å²) in [7, 11) is 0. The number of hydrogen-bond donors (Lipinski definition) is 2. The van der Waals surface area contributed by atoms with Crippen LogP contribution in [0.2, 0.25) is 5.02 Å². The van der Waals surface area contributed by atoms with E-state index in [1.807, 2.05) is 6.07 Å². The monoisotopic (exact) mass is 393 g/mol. The van der Waals surface area contributed by atoms with E-state index >= 15 is 0 Å². The minimum atomic E-state index is -0.419. The van der Waals surface area contributed by atoms with Crippen molar-refractivity contribution in [1.29, 1.82) is 0 Å². The van der Waals surface area contributed by atoms with Crippen LogP contribution in [0.1, 0.15) is 10.4 Å². The molecule has 0 atom stereocenters. The number of anilines is 2. The number of hydrogen-bond acceptors (Lipinski definition) is 4. The molecule has 0 bridgehead atoms. The average Bonchev–Trinajstić information content (AvgIpc) is 2.63. The average molecular weight is 394 g/mol. The number of halogens is 2. The summed E-state index contributed by atoms with van der Waals surface area (Å²) in [5.74, 6) is -0.825. The maximum absolute atomic E-state index is 13.0. The molecule has 2 aromatic rings. The molecule has 8 heteroatoms. The van der Waals surface area contributed by atoms with E-state index < -0.39 is 11.7 Å². The van der Waals surface area contributed by atoms with Crippen molar-refractivity contribution in [3.05, 3.63) is 58.9 Å². The third kappa shape index (κ3) is 4.49. The number of nitrogens with zero attached hydrogens (tertiary/aromatic N) is 1. The molecule has 0 unspecified atom stereocenters. The second-order valence-electron chi connectivity index (χ2n) is 5.65. The van der Waals surface area contributed by atoms with Gasteiger partial charge in [-0.1, -0.05) is 17.7 Å². The van der Waals surface area contributed by atoms with Gasteiger partial charge in [-0.25, -0.2) is 4.39 Å². The first-order chi connectivity index (χ1) is 12.5. The highest BCUT2D eigenvalue weighted by Crippen LogP contribution is 2.34. The summed E-state index contributed by atoms with van der Waals surface area (Å²) in [6.45, 7) is 2.67. The molecule has 26 heavy (non-hydrogen) atoms. The molecule has 0 aromatic heterocycles. The second kappa shape index (κ2) is 8.44. The van der Waals surface area contributed by atoms with Gasteiger partial charge in [0.15, 0.2) is 5.11 Å². The van der Waals surface area contributed by atoms with Crippen molar-refractivity contribution in [3.63, 3.8) is 0 Å². The van der Waals surface area contributed by atoms with Gasteiger partial charge >= 0.3 is 0 Å². The Balaban J connectivity index is 1.72. The molecule has 5 nitrogen and oxygen atoms in total. The first-order valence-corrected chi connectivity index (χ1v) is 8.82. The van der Waals surface area contributed by atoms with Gasteiger partial charge in [-0.05, 0) is 48.6 Å². The van der Waals surface area contributed by atoms with E-state index in [0.29, 0.717) is 42.6 Å². The largest absolute Gasteiger partial charge is 0.378 e. The number of nitrogens with one attached hydrogen (secondary N) is 2. The first-order valence-electron chi connectivity index (χ1n) is 8.04. The van der Waals surface area contributed by atoms with E-state index in [2.05, 4.69) is 15.5 Å². The van der Waals surface area contributed by atoms with E-state index in [1.54, 1.807) is 12.1 Å². The Kier molecular flexibility index (Phi) is 6.03. The van der Waals surface area contributed by atoms with Gasteiger partial charge in [0, 0.05) is 18.7 Å². The molecule has 2 aromatic carbocycles. The fraction of sp³-hybridized carbons (Fsp3) is 0.222. The van der Waals surface area contributed by atoms with E-state index in [0.717, 1.165) is 5.69 Å². The van der Waals surface area contributed by atoms with Gasteiger partial charge in [0.2, 0.25) is 0 Å². The van der Waals surface area contributed by atoms with Crippen LogP contribution in [0.3, 0.4) is 0 Å². The molecule has 1 heterocycles. The molecule has 1 fully saturated rings. The van der Waals surface area contributed by atoms with Crippen molar-refractivity contribution in [2.45, 2.75) is 0 Å². The molecule has 136 valence electrons. The number of rotatable bonds is 3. The Labute approximate surface area is 161 Å². The maximum Gasteiger partial charge on any atom is 0.257 e. The summed E-state index contributed by atoms with van der Waals surface area (Å²) in [5, 5.41) is 6.33. The summed E-state index contributed by atoms with van der Waals surface area (Å²) >= 11 is 11.6. The minimum Gasteiger partial charge on any atom is -0.378 e. The Hall–Kier alpha value is -2.22. The molecule has 2 N–H and O–H groups in total. The van der Waals surface area contributed by atoms with E-state index in [-0.39, 0.29) is 5.11 Å². The van der Waals surface area contributed by atoms with Crippen LogP contribution in [0.4, 0.5) is 15.8 Å². The third-order valence-electron chi connectivity index (χ3n) is 3.90. The smallest absolute Gasteiger partial charge is 0.257 e. The SMILES string of the molecule is O=C(NC(=S)Nc1cccc(Cl)c1N1CCOCC1)c1ccc(F)cc1. The van der Waals surface area contributed by atoms with Crippen LogP contribution >= 0.6 is 23.8 Å². The van der Waals surface area contributed by atoms with Crippen molar-refractivity contribution in [2.75, 3.05) is 36.5 Å². The number of ether oxygens (including phenoxy) is 1. The maximum atomic E-state index is 13.0. The van der Waals surface area contributed by atoms with Crippen LogP contribution in [0, 0.1) is 5.82 Å². The summed E-state index contributed by atoms with van der Waals surface area (Å²) in [6.07, 6.45) is 0. The lowest BCUT2D eigenvalue weighted by atomic mass is 10.2. The van der Waals surface area contributed by atoms with Crippen LogP contribution in [-0.2, 0) is 4.74 Å². The highest BCUT2D eigenvalue weighted by atomic mass is 35.5. The van der Waals surface area contributed by atoms with Gasteiger partial charge in [-0.3, -0.25) is 10.1 Å². The minimum absolute atomic E-state index is 0.135. The van der Waals surface area contributed by atoms with Gasteiger partial charge in [0.25, 0.3) is 5.91 Å². The highest BCUT2D eigenvalue weighted by Gasteiger charge is 2.19. The van der Waals surface area contributed by atoms with Crippen LogP contribution in [0.5, 0.6) is 0 Å². The van der Waals surface area contributed by atoms with Gasteiger partial charge in [-0.2, -0.15) is 0 Å². The van der Waals surface area contributed by atoms with Crippen LogP contribution in [0.15, 0.2) is 42.5 Å². The lowest BCUT2D eigenvalue weighted by molar-refractivity contribution is 0.0977. The molecule has 1 amide bonds. The molecule has 0 aliphatic carbocycles. The quantitative estimate of drug-likeness (QED) is 0.782. The van der Waals surface area contributed by atoms with Gasteiger partial charge < -0.3 is 15.0 Å². The van der Waals surface area contributed by atoms with Crippen molar-refractivity contribution < 1.29 is 13.9 Å².